The Hall–Kier alpha value is -3.10. The van der Waals surface area contributed by atoms with E-state index in [4.69, 9.17) is 4.42 Å². The first-order valence-corrected chi connectivity index (χ1v) is 10.2. The Bertz CT molecular complexity index is 966. The van der Waals surface area contributed by atoms with E-state index in [0.717, 1.165) is 5.69 Å². The maximum absolute atomic E-state index is 13.2. The quantitative estimate of drug-likeness (QED) is 0.773. The number of carboxylic acid groups (broad SMARTS) is 1. The molecule has 0 radical (unpaired) electrons. The van der Waals surface area contributed by atoms with Gasteiger partial charge in [0.25, 0.3) is 11.8 Å². The van der Waals surface area contributed by atoms with Crippen LogP contribution < -0.4 is 0 Å². The van der Waals surface area contributed by atoms with Gasteiger partial charge in [0.15, 0.2) is 5.76 Å². The predicted molar refractivity (Wildman–Crippen MR) is 106 cm³/mol. The predicted octanol–water partition coefficient (Wildman–Crippen LogP) is 1.88. The number of aliphatic carboxylic acids is 1. The molecule has 2 saturated heterocycles. The largest absolute Gasteiger partial charge is 0.481 e. The highest BCUT2D eigenvalue weighted by Crippen LogP contribution is 2.46. The third-order valence-corrected chi connectivity index (χ3v) is 6.32. The Labute approximate surface area is 174 Å². The van der Waals surface area contributed by atoms with Crippen molar-refractivity contribution in [3.8, 4) is 0 Å². The van der Waals surface area contributed by atoms with Crippen LogP contribution >= 0.6 is 0 Å². The maximum Gasteiger partial charge on any atom is 0.303 e. The van der Waals surface area contributed by atoms with Gasteiger partial charge in [-0.15, -0.1) is 0 Å². The van der Waals surface area contributed by atoms with Crippen LogP contribution in [0.4, 0.5) is 0 Å². The van der Waals surface area contributed by atoms with Crippen molar-refractivity contribution in [2.75, 3.05) is 26.2 Å². The van der Waals surface area contributed by atoms with Gasteiger partial charge >= 0.3 is 5.97 Å². The van der Waals surface area contributed by atoms with Crippen molar-refractivity contribution in [1.29, 1.82) is 0 Å². The van der Waals surface area contributed by atoms with Crippen LogP contribution in [0, 0.1) is 18.3 Å². The van der Waals surface area contributed by atoms with Crippen molar-refractivity contribution in [3.05, 3.63) is 41.6 Å². The van der Waals surface area contributed by atoms with Gasteiger partial charge in [0.1, 0.15) is 5.69 Å². The average molecular weight is 414 g/mol. The number of carboxylic acids is 1. The molecule has 1 N–H and O–H groups in total. The molecular weight excluding hydrogens is 388 g/mol. The molecule has 30 heavy (non-hydrogen) atoms. The molecule has 0 aliphatic carbocycles. The molecule has 0 unspecified atom stereocenters. The first kappa shape index (κ1) is 20.2. The Morgan fingerprint density at radius 3 is 2.53 bits per heavy atom. The van der Waals surface area contributed by atoms with Crippen molar-refractivity contribution in [2.24, 2.45) is 11.3 Å². The minimum Gasteiger partial charge on any atom is -0.481 e. The van der Waals surface area contributed by atoms with Crippen LogP contribution in [0.25, 0.3) is 0 Å². The molecule has 2 amide bonds. The van der Waals surface area contributed by atoms with E-state index in [1.807, 2.05) is 13.8 Å². The number of carbonyl (C=O) groups excluding carboxylic acids is 2. The summed E-state index contributed by atoms with van der Waals surface area (Å²) >= 11 is 0. The van der Waals surface area contributed by atoms with Crippen molar-refractivity contribution in [3.63, 3.8) is 0 Å². The number of carbonyl (C=O) groups is 3. The van der Waals surface area contributed by atoms with Crippen molar-refractivity contribution in [1.82, 2.24) is 19.6 Å². The van der Waals surface area contributed by atoms with Crippen molar-refractivity contribution < 1.29 is 23.9 Å². The fourth-order valence-corrected chi connectivity index (χ4v) is 4.88. The normalized spacial score (nSPS) is 23.1. The minimum absolute atomic E-state index is 0.00726. The van der Waals surface area contributed by atoms with Gasteiger partial charge in [-0.3, -0.25) is 19.1 Å². The molecule has 4 heterocycles. The first-order chi connectivity index (χ1) is 14.3. The average Bonchev–Trinajstić information content (AvgIpc) is 3.47. The lowest BCUT2D eigenvalue weighted by Gasteiger charge is -2.28. The zero-order valence-corrected chi connectivity index (χ0v) is 17.2. The maximum atomic E-state index is 13.2. The molecule has 0 bridgehead atoms. The minimum atomic E-state index is -0.872. The number of fused-ring (bicyclic) bond motifs is 1. The third kappa shape index (κ3) is 3.48. The number of nitrogens with zero attached hydrogens (tertiary/aromatic N) is 4. The molecular formula is C21H26N4O5. The van der Waals surface area contributed by atoms with Gasteiger partial charge in [0.05, 0.1) is 12.0 Å². The second kappa shape index (κ2) is 7.62. The van der Waals surface area contributed by atoms with E-state index in [2.05, 4.69) is 5.10 Å². The SMILES string of the molecule is CCn1nc(C)cc1C(=O)N1C[C@H]2CN(C(=O)c3ccco3)C[C@@]2(CCC(=O)O)C1. The van der Waals surface area contributed by atoms with Gasteiger partial charge in [0.2, 0.25) is 0 Å². The Morgan fingerprint density at radius 1 is 1.23 bits per heavy atom. The molecule has 2 aromatic rings. The van der Waals surface area contributed by atoms with E-state index in [-0.39, 0.29) is 29.9 Å². The molecule has 2 aromatic heterocycles. The summed E-state index contributed by atoms with van der Waals surface area (Å²) in [6.07, 6.45) is 1.89. The number of likely N-dealkylation sites (tertiary alicyclic amines) is 2. The van der Waals surface area contributed by atoms with E-state index >= 15 is 0 Å². The zero-order chi connectivity index (χ0) is 21.5. The second-order valence-electron chi connectivity index (χ2n) is 8.29. The molecule has 2 aliphatic rings. The van der Waals surface area contributed by atoms with Gasteiger partial charge in [-0.2, -0.15) is 5.10 Å². The molecule has 9 nitrogen and oxygen atoms in total. The van der Waals surface area contributed by atoms with Gasteiger partial charge in [-0.05, 0) is 38.5 Å². The number of hydrogen-bond donors (Lipinski definition) is 1. The summed E-state index contributed by atoms with van der Waals surface area (Å²) in [5.41, 5.74) is 0.907. The van der Waals surface area contributed by atoms with E-state index in [1.165, 1.54) is 6.26 Å². The lowest BCUT2D eigenvalue weighted by atomic mass is 9.77. The van der Waals surface area contributed by atoms with Crippen LogP contribution in [0.1, 0.15) is 46.5 Å². The first-order valence-electron chi connectivity index (χ1n) is 10.2. The molecule has 0 saturated carbocycles. The fourth-order valence-electron chi connectivity index (χ4n) is 4.88. The topological polar surface area (TPSA) is 109 Å². The Balaban J connectivity index is 1.55. The molecule has 2 fully saturated rings. The van der Waals surface area contributed by atoms with Gasteiger partial charge < -0.3 is 19.3 Å². The molecule has 0 spiro atoms. The smallest absolute Gasteiger partial charge is 0.303 e. The van der Waals surface area contributed by atoms with Crippen molar-refractivity contribution in [2.45, 2.75) is 33.2 Å². The standard InChI is InChI=1S/C21H26N4O5/c1-3-25-16(9-14(2)22-25)19(28)23-10-15-11-24(20(29)17-5-4-8-30-17)13-21(15,12-23)7-6-18(26)27/h4-5,8-9,15H,3,6-7,10-13H2,1-2H3,(H,26,27)/t15-,21+/m0/s1. The van der Waals surface area contributed by atoms with Gasteiger partial charge in [-0.1, -0.05) is 0 Å². The number of rotatable bonds is 6. The van der Waals surface area contributed by atoms with Crippen molar-refractivity contribution >= 4 is 17.8 Å². The Kier molecular flexibility index (Phi) is 5.13. The van der Waals surface area contributed by atoms with Crippen LogP contribution in [0.2, 0.25) is 0 Å². The molecule has 2 aliphatic heterocycles. The van der Waals surface area contributed by atoms with Gasteiger partial charge in [0, 0.05) is 50.5 Å². The second-order valence-corrected chi connectivity index (χ2v) is 8.29. The summed E-state index contributed by atoms with van der Waals surface area (Å²) in [7, 11) is 0. The third-order valence-electron chi connectivity index (χ3n) is 6.32. The summed E-state index contributed by atoms with van der Waals surface area (Å²) in [5.74, 6) is -0.854. The summed E-state index contributed by atoms with van der Waals surface area (Å²) in [6.45, 7) is 6.22. The number of aryl methyl sites for hydroxylation is 2. The highest BCUT2D eigenvalue weighted by molar-refractivity contribution is 5.93. The number of aromatic nitrogens is 2. The number of hydrogen-bond acceptors (Lipinski definition) is 5. The number of furan rings is 1. The van der Waals surface area contributed by atoms with E-state index in [9.17, 15) is 19.5 Å². The summed E-state index contributed by atoms with van der Waals surface area (Å²) in [6, 6.07) is 5.09. The van der Waals surface area contributed by atoms with Crippen LogP contribution in [0.5, 0.6) is 0 Å². The highest BCUT2D eigenvalue weighted by atomic mass is 16.4. The molecule has 0 aromatic carbocycles. The Morgan fingerprint density at radius 2 is 1.93 bits per heavy atom. The van der Waals surface area contributed by atoms with E-state index < -0.39 is 11.4 Å². The molecule has 4 rings (SSSR count). The molecule has 160 valence electrons. The van der Waals surface area contributed by atoms with E-state index in [0.29, 0.717) is 44.8 Å². The van der Waals surface area contributed by atoms with E-state index in [1.54, 1.807) is 32.7 Å². The summed E-state index contributed by atoms with van der Waals surface area (Å²) in [5, 5.41) is 13.6. The fraction of sp³-hybridized carbons (Fsp3) is 0.524. The highest BCUT2D eigenvalue weighted by Gasteiger charge is 2.54. The number of amides is 2. The van der Waals surface area contributed by atoms with Crippen LogP contribution in [-0.4, -0.2) is 68.6 Å². The summed E-state index contributed by atoms with van der Waals surface area (Å²) < 4.78 is 6.94. The zero-order valence-electron chi connectivity index (χ0n) is 17.2. The van der Waals surface area contributed by atoms with Crippen LogP contribution in [-0.2, 0) is 11.3 Å². The molecule has 2 atom stereocenters. The molecule has 9 heteroatoms. The van der Waals surface area contributed by atoms with Crippen LogP contribution in [0.3, 0.4) is 0 Å². The monoisotopic (exact) mass is 414 g/mol. The van der Waals surface area contributed by atoms with Crippen LogP contribution in [0.15, 0.2) is 28.9 Å². The van der Waals surface area contributed by atoms with Gasteiger partial charge in [-0.25, -0.2) is 0 Å². The lowest BCUT2D eigenvalue weighted by molar-refractivity contribution is -0.137. The lowest BCUT2D eigenvalue weighted by Crippen LogP contribution is -2.39. The summed E-state index contributed by atoms with van der Waals surface area (Å²) in [4.78, 5) is 40.8.